The maximum absolute atomic E-state index is 4.53. The number of thiophene rings is 1. The van der Waals surface area contributed by atoms with Gasteiger partial charge in [0.25, 0.3) is 0 Å². The highest BCUT2D eigenvalue weighted by Crippen LogP contribution is 2.23. The van der Waals surface area contributed by atoms with Gasteiger partial charge in [0.1, 0.15) is 5.69 Å². The topological polar surface area (TPSA) is 44.8 Å². The number of H-pyrrole nitrogens is 1. The largest absolute Gasteiger partial charge is 0.295 e. The first-order chi connectivity index (χ1) is 10.2. The van der Waals surface area contributed by atoms with Crippen LogP contribution in [0.2, 0.25) is 0 Å². The van der Waals surface area contributed by atoms with Gasteiger partial charge in [-0.05, 0) is 43.6 Å². The summed E-state index contributed by atoms with van der Waals surface area (Å²) in [5, 5.41) is 9.56. The maximum Gasteiger partial charge on any atom is 0.102 e. The zero-order chi connectivity index (χ0) is 14.7. The molecule has 0 saturated carbocycles. The van der Waals surface area contributed by atoms with Crippen LogP contribution in [0, 0.1) is 6.92 Å². The van der Waals surface area contributed by atoms with Gasteiger partial charge in [-0.15, -0.1) is 11.3 Å². The van der Waals surface area contributed by atoms with Crippen molar-refractivity contribution in [3.8, 4) is 10.6 Å². The fourth-order valence-corrected chi connectivity index (χ4v) is 2.99. The molecular weight excluding hydrogens is 280 g/mol. The Kier molecular flexibility index (Phi) is 4.13. The van der Waals surface area contributed by atoms with E-state index < -0.39 is 0 Å². The van der Waals surface area contributed by atoms with E-state index in [9.17, 15) is 0 Å². The van der Waals surface area contributed by atoms with Crippen molar-refractivity contribution in [2.45, 2.75) is 20.0 Å². The molecule has 21 heavy (non-hydrogen) atoms. The van der Waals surface area contributed by atoms with Gasteiger partial charge in [0.2, 0.25) is 0 Å². The van der Waals surface area contributed by atoms with E-state index in [4.69, 9.17) is 0 Å². The first-order valence-electron chi connectivity index (χ1n) is 6.90. The highest BCUT2D eigenvalue weighted by molar-refractivity contribution is 7.13. The Morgan fingerprint density at radius 3 is 2.86 bits per heavy atom. The molecule has 0 saturated heterocycles. The highest BCUT2D eigenvalue weighted by Gasteiger charge is 2.08. The molecule has 108 valence electrons. The van der Waals surface area contributed by atoms with Crippen molar-refractivity contribution in [2.75, 3.05) is 7.05 Å². The predicted octanol–water partition coefficient (Wildman–Crippen LogP) is 3.47. The number of rotatable bonds is 5. The third-order valence-electron chi connectivity index (χ3n) is 3.22. The zero-order valence-corrected chi connectivity index (χ0v) is 13.0. The Morgan fingerprint density at radius 2 is 2.10 bits per heavy atom. The number of nitrogens with one attached hydrogen (secondary N) is 1. The fourth-order valence-electron chi connectivity index (χ4n) is 2.30. The van der Waals surface area contributed by atoms with Gasteiger partial charge in [0.05, 0.1) is 10.6 Å². The number of hydrogen-bond acceptors (Lipinski definition) is 4. The van der Waals surface area contributed by atoms with Crippen molar-refractivity contribution in [1.29, 1.82) is 0 Å². The number of aryl methyl sites for hydroxylation is 1. The summed E-state index contributed by atoms with van der Waals surface area (Å²) in [5.74, 6) is 0. The van der Waals surface area contributed by atoms with Crippen LogP contribution in [-0.4, -0.2) is 27.1 Å². The molecule has 1 N–H and O–H groups in total. The molecule has 5 heteroatoms. The molecule has 0 radical (unpaired) electrons. The van der Waals surface area contributed by atoms with Crippen molar-refractivity contribution < 1.29 is 0 Å². The van der Waals surface area contributed by atoms with Gasteiger partial charge < -0.3 is 0 Å². The third-order valence-corrected chi connectivity index (χ3v) is 4.12. The molecule has 0 aromatic carbocycles. The molecule has 3 aromatic rings. The van der Waals surface area contributed by atoms with E-state index in [1.54, 1.807) is 11.3 Å². The SMILES string of the molecule is Cc1cccc(CN(C)Cc2cc(-c3cccs3)n[nH]2)n1. The molecule has 0 fully saturated rings. The van der Waals surface area contributed by atoms with Crippen LogP contribution < -0.4 is 0 Å². The first-order valence-corrected chi connectivity index (χ1v) is 7.78. The van der Waals surface area contributed by atoms with Gasteiger partial charge in [-0.3, -0.25) is 15.0 Å². The predicted molar refractivity (Wildman–Crippen MR) is 86.0 cm³/mol. The number of aromatic amines is 1. The monoisotopic (exact) mass is 298 g/mol. The number of pyridine rings is 1. The van der Waals surface area contributed by atoms with E-state index >= 15 is 0 Å². The highest BCUT2D eigenvalue weighted by atomic mass is 32.1. The summed E-state index contributed by atoms with van der Waals surface area (Å²) in [6.45, 7) is 3.68. The summed E-state index contributed by atoms with van der Waals surface area (Å²) < 4.78 is 0. The van der Waals surface area contributed by atoms with Crippen LogP contribution >= 0.6 is 11.3 Å². The average molecular weight is 298 g/mol. The molecule has 0 aliphatic carbocycles. The summed E-state index contributed by atoms with van der Waals surface area (Å²) in [6.07, 6.45) is 0. The van der Waals surface area contributed by atoms with Gasteiger partial charge in [0, 0.05) is 24.5 Å². The molecule has 0 atom stereocenters. The van der Waals surface area contributed by atoms with Crippen molar-refractivity contribution in [3.05, 3.63) is 58.9 Å². The lowest BCUT2D eigenvalue weighted by Crippen LogP contribution is -2.18. The van der Waals surface area contributed by atoms with Crippen LogP contribution in [0.3, 0.4) is 0 Å². The van der Waals surface area contributed by atoms with E-state index in [0.717, 1.165) is 35.9 Å². The van der Waals surface area contributed by atoms with Crippen LogP contribution in [-0.2, 0) is 13.1 Å². The fraction of sp³-hybridized carbons (Fsp3) is 0.250. The van der Waals surface area contributed by atoms with Gasteiger partial charge in [0.15, 0.2) is 0 Å². The summed E-state index contributed by atoms with van der Waals surface area (Å²) in [5.41, 5.74) is 4.29. The molecule has 4 nitrogen and oxygen atoms in total. The van der Waals surface area contributed by atoms with E-state index in [-0.39, 0.29) is 0 Å². The van der Waals surface area contributed by atoms with Crippen LogP contribution in [0.1, 0.15) is 17.1 Å². The second-order valence-electron chi connectivity index (χ2n) is 5.20. The third kappa shape index (κ3) is 3.56. The molecule has 0 amide bonds. The minimum atomic E-state index is 0.827. The summed E-state index contributed by atoms with van der Waals surface area (Å²) >= 11 is 1.71. The average Bonchev–Trinajstić information content (AvgIpc) is 3.08. The zero-order valence-electron chi connectivity index (χ0n) is 12.2. The Hall–Kier alpha value is -1.98. The van der Waals surface area contributed by atoms with Gasteiger partial charge in [-0.1, -0.05) is 12.1 Å². The van der Waals surface area contributed by atoms with Gasteiger partial charge in [-0.25, -0.2) is 0 Å². The molecule has 0 aliphatic heterocycles. The van der Waals surface area contributed by atoms with Crippen molar-refractivity contribution >= 4 is 11.3 Å². The summed E-state index contributed by atoms with van der Waals surface area (Å²) in [7, 11) is 2.09. The van der Waals surface area contributed by atoms with Crippen molar-refractivity contribution in [3.63, 3.8) is 0 Å². The van der Waals surface area contributed by atoms with E-state index in [0.29, 0.717) is 0 Å². The van der Waals surface area contributed by atoms with E-state index in [2.05, 4.69) is 56.8 Å². The Morgan fingerprint density at radius 1 is 1.19 bits per heavy atom. The van der Waals surface area contributed by atoms with Crippen LogP contribution in [0.25, 0.3) is 10.6 Å². The Bertz CT molecular complexity index is 703. The Balaban J connectivity index is 1.64. The molecule has 0 aliphatic rings. The van der Waals surface area contributed by atoms with Gasteiger partial charge >= 0.3 is 0 Å². The smallest absolute Gasteiger partial charge is 0.102 e. The number of aromatic nitrogens is 3. The van der Waals surface area contributed by atoms with Crippen molar-refractivity contribution in [1.82, 2.24) is 20.1 Å². The van der Waals surface area contributed by atoms with Crippen LogP contribution in [0.15, 0.2) is 41.8 Å². The van der Waals surface area contributed by atoms with E-state index in [1.807, 2.05) is 19.1 Å². The standard InChI is InChI=1S/C16H18N4S/c1-12-5-3-6-13(17-12)10-20(2)11-14-9-15(19-18-14)16-7-4-8-21-16/h3-9H,10-11H2,1-2H3,(H,18,19). The van der Waals surface area contributed by atoms with Gasteiger partial charge in [-0.2, -0.15) is 5.10 Å². The molecule has 0 unspecified atom stereocenters. The molecular formula is C16H18N4S. The Labute approximate surface area is 128 Å². The number of hydrogen-bond donors (Lipinski definition) is 1. The van der Waals surface area contributed by atoms with E-state index in [1.165, 1.54) is 4.88 Å². The maximum atomic E-state index is 4.53. The molecule has 0 bridgehead atoms. The summed E-state index contributed by atoms with van der Waals surface area (Å²) in [6, 6.07) is 12.4. The number of nitrogens with zero attached hydrogens (tertiary/aromatic N) is 3. The molecule has 0 spiro atoms. The lowest BCUT2D eigenvalue weighted by atomic mass is 10.2. The second-order valence-corrected chi connectivity index (χ2v) is 6.15. The lowest BCUT2D eigenvalue weighted by Gasteiger charge is -2.15. The minimum absolute atomic E-state index is 0.827. The molecule has 3 aromatic heterocycles. The summed E-state index contributed by atoms with van der Waals surface area (Å²) in [4.78, 5) is 7.96. The molecule has 3 heterocycles. The second kappa shape index (κ2) is 6.20. The first kappa shape index (κ1) is 14.0. The van der Waals surface area contributed by atoms with Crippen molar-refractivity contribution in [2.24, 2.45) is 0 Å². The lowest BCUT2D eigenvalue weighted by molar-refractivity contribution is 0.311. The quantitative estimate of drug-likeness (QED) is 0.784. The van der Waals surface area contributed by atoms with Crippen LogP contribution in [0.4, 0.5) is 0 Å². The van der Waals surface area contributed by atoms with Crippen LogP contribution in [0.5, 0.6) is 0 Å². The minimum Gasteiger partial charge on any atom is -0.295 e. The normalized spacial score (nSPS) is 11.2. The molecule has 3 rings (SSSR count).